The summed E-state index contributed by atoms with van der Waals surface area (Å²) < 4.78 is 5.79. The van der Waals surface area contributed by atoms with E-state index >= 15 is 0 Å². The van der Waals surface area contributed by atoms with Gasteiger partial charge in [-0.3, -0.25) is 0 Å². The molecule has 1 N–H and O–H groups in total. The molecule has 2 nitrogen and oxygen atoms in total. The van der Waals surface area contributed by atoms with Gasteiger partial charge in [-0.15, -0.1) is 0 Å². The Bertz CT molecular complexity index is 180. The number of thiol groups is 1. The maximum atomic E-state index is 8.80. The SMILES string of the molecule is C/C=C(/CCCC)O[C@@H](C)[C@@H](S)CCO. The van der Waals surface area contributed by atoms with Crippen LogP contribution < -0.4 is 0 Å². The van der Waals surface area contributed by atoms with E-state index in [4.69, 9.17) is 9.84 Å². The highest BCUT2D eigenvalue weighted by Gasteiger charge is 2.14. The van der Waals surface area contributed by atoms with Crippen molar-refractivity contribution in [1.82, 2.24) is 0 Å². The average Bonchev–Trinajstić information content (AvgIpc) is 2.24. The highest BCUT2D eigenvalue weighted by molar-refractivity contribution is 7.81. The summed E-state index contributed by atoms with van der Waals surface area (Å²) in [5.74, 6) is 1.04. The van der Waals surface area contributed by atoms with Gasteiger partial charge >= 0.3 is 0 Å². The minimum atomic E-state index is 0.0588. The Labute approximate surface area is 99.1 Å². The fourth-order valence-corrected chi connectivity index (χ4v) is 1.48. The van der Waals surface area contributed by atoms with Crippen LogP contribution in [0.5, 0.6) is 0 Å². The molecule has 0 saturated carbocycles. The van der Waals surface area contributed by atoms with E-state index in [1.54, 1.807) is 0 Å². The van der Waals surface area contributed by atoms with E-state index in [1.807, 2.05) is 19.9 Å². The molecular weight excluding hydrogens is 208 g/mol. The smallest absolute Gasteiger partial charge is 0.107 e. The van der Waals surface area contributed by atoms with Crippen molar-refractivity contribution in [3.05, 3.63) is 11.8 Å². The summed E-state index contributed by atoms with van der Waals surface area (Å²) in [6, 6.07) is 0. The molecule has 0 fully saturated rings. The number of rotatable bonds is 8. The van der Waals surface area contributed by atoms with E-state index in [0.29, 0.717) is 6.42 Å². The topological polar surface area (TPSA) is 29.5 Å². The van der Waals surface area contributed by atoms with Crippen molar-refractivity contribution >= 4 is 12.6 Å². The highest BCUT2D eigenvalue weighted by atomic mass is 32.1. The van der Waals surface area contributed by atoms with Crippen LogP contribution >= 0.6 is 12.6 Å². The highest BCUT2D eigenvalue weighted by Crippen LogP contribution is 2.17. The van der Waals surface area contributed by atoms with Crippen LogP contribution in [0.25, 0.3) is 0 Å². The van der Waals surface area contributed by atoms with Gasteiger partial charge in [0.1, 0.15) is 6.10 Å². The lowest BCUT2D eigenvalue weighted by molar-refractivity contribution is 0.113. The lowest BCUT2D eigenvalue weighted by Gasteiger charge is -2.22. The van der Waals surface area contributed by atoms with Gasteiger partial charge in [-0.25, -0.2) is 0 Å². The Morgan fingerprint density at radius 2 is 2.20 bits per heavy atom. The second-order valence-corrected chi connectivity index (χ2v) is 4.42. The summed E-state index contributed by atoms with van der Waals surface area (Å²) in [4.78, 5) is 0. The minimum absolute atomic E-state index is 0.0588. The molecule has 0 unspecified atom stereocenters. The van der Waals surface area contributed by atoms with Crippen molar-refractivity contribution in [2.75, 3.05) is 6.61 Å². The van der Waals surface area contributed by atoms with Gasteiger partial charge in [0.2, 0.25) is 0 Å². The number of hydrogen-bond acceptors (Lipinski definition) is 3. The van der Waals surface area contributed by atoms with Crippen LogP contribution in [-0.4, -0.2) is 23.1 Å². The monoisotopic (exact) mass is 232 g/mol. The molecule has 0 aromatic carbocycles. The van der Waals surface area contributed by atoms with E-state index in [0.717, 1.165) is 18.6 Å². The molecule has 0 aromatic rings. The zero-order valence-corrected chi connectivity index (χ0v) is 11.0. The van der Waals surface area contributed by atoms with Crippen molar-refractivity contribution in [3.8, 4) is 0 Å². The van der Waals surface area contributed by atoms with Gasteiger partial charge in [-0.05, 0) is 32.8 Å². The molecular formula is C12H24O2S. The number of aliphatic hydroxyl groups is 1. The summed E-state index contributed by atoms with van der Waals surface area (Å²) in [5, 5.41) is 8.90. The van der Waals surface area contributed by atoms with Gasteiger partial charge in [0.25, 0.3) is 0 Å². The Balaban J connectivity index is 3.95. The zero-order chi connectivity index (χ0) is 11.7. The molecule has 0 spiro atoms. The Morgan fingerprint density at radius 3 is 2.67 bits per heavy atom. The molecule has 90 valence electrons. The van der Waals surface area contributed by atoms with E-state index in [2.05, 4.69) is 19.6 Å². The van der Waals surface area contributed by atoms with E-state index < -0.39 is 0 Å². The summed E-state index contributed by atoms with van der Waals surface area (Å²) in [5.41, 5.74) is 0. The fraction of sp³-hybridized carbons (Fsp3) is 0.833. The number of ether oxygens (including phenoxy) is 1. The molecule has 0 aromatic heterocycles. The fourth-order valence-electron chi connectivity index (χ4n) is 1.31. The molecule has 2 atom stereocenters. The van der Waals surface area contributed by atoms with Crippen molar-refractivity contribution < 1.29 is 9.84 Å². The maximum absolute atomic E-state index is 8.80. The first-order chi connectivity index (χ1) is 7.15. The second kappa shape index (κ2) is 9.10. The normalized spacial score (nSPS) is 16.2. The third-order valence-electron chi connectivity index (χ3n) is 2.40. The van der Waals surface area contributed by atoms with Crippen LogP contribution in [0.1, 0.15) is 46.5 Å². The molecule has 3 heteroatoms. The summed E-state index contributed by atoms with van der Waals surface area (Å²) in [6.07, 6.45) is 6.08. The number of allylic oxidation sites excluding steroid dienone is 2. The van der Waals surface area contributed by atoms with Crippen molar-refractivity contribution in [3.63, 3.8) is 0 Å². The Kier molecular flexibility index (Phi) is 9.01. The third-order valence-corrected chi connectivity index (χ3v) is 3.08. The van der Waals surface area contributed by atoms with Crippen LogP contribution in [0.4, 0.5) is 0 Å². The first-order valence-electron chi connectivity index (χ1n) is 5.76. The maximum Gasteiger partial charge on any atom is 0.107 e. The van der Waals surface area contributed by atoms with Gasteiger partial charge in [-0.1, -0.05) is 13.3 Å². The van der Waals surface area contributed by atoms with Crippen molar-refractivity contribution in [2.45, 2.75) is 57.8 Å². The van der Waals surface area contributed by atoms with E-state index in [9.17, 15) is 0 Å². The predicted molar refractivity (Wildman–Crippen MR) is 68.3 cm³/mol. The van der Waals surface area contributed by atoms with Crippen LogP contribution in [0.2, 0.25) is 0 Å². The zero-order valence-electron chi connectivity index (χ0n) is 10.1. The standard InChI is InChI=1S/C12H24O2S/c1-4-6-7-11(5-2)14-10(3)12(15)8-9-13/h5,10,12-13,15H,4,6-9H2,1-3H3/b11-5-/t10-,12-/m0/s1. The molecule has 0 bridgehead atoms. The van der Waals surface area contributed by atoms with Crippen molar-refractivity contribution in [1.29, 1.82) is 0 Å². The molecule has 0 radical (unpaired) electrons. The molecule has 0 amide bonds. The molecule has 0 heterocycles. The number of aliphatic hydroxyl groups excluding tert-OH is 1. The molecule has 0 saturated heterocycles. The van der Waals surface area contributed by atoms with Gasteiger partial charge in [0, 0.05) is 18.3 Å². The first-order valence-corrected chi connectivity index (χ1v) is 6.28. The van der Waals surface area contributed by atoms with Gasteiger partial charge in [0.15, 0.2) is 0 Å². The van der Waals surface area contributed by atoms with Crippen LogP contribution in [0.15, 0.2) is 11.8 Å². The second-order valence-electron chi connectivity index (χ2n) is 3.76. The minimum Gasteiger partial charge on any atom is -0.494 e. The van der Waals surface area contributed by atoms with Crippen molar-refractivity contribution in [2.24, 2.45) is 0 Å². The number of unbranched alkanes of at least 4 members (excludes halogenated alkanes) is 1. The van der Waals surface area contributed by atoms with Gasteiger partial charge in [0.05, 0.1) is 5.76 Å². The Morgan fingerprint density at radius 1 is 1.53 bits per heavy atom. The predicted octanol–water partition coefficient (Wildman–Crippen LogP) is 3.17. The Hall–Kier alpha value is -0.150. The average molecular weight is 232 g/mol. The first kappa shape index (κ1) is 14.8. The lowest BCUT2D eigenvalue weighted by atomic mass is 10.2. The van der Waals surface area contributed by atoms with Gasteiger partial charge in [-0.2, -0.15) is 12.6 Å². The van der Waals surface area contributed by atoms with E-state index in [1.165, 1.54) is 6.42 Å². The van der Waals surface area contributed by atoms with Crippen LogP contribution in [0, 0.1) is 0 Å². The summed E-state index contributed by atoms with van der Waals surface area (Å²) in [6.45, 7) is 6.34. The summed E-state index contributed by atoms with van der Waals surface area (Å²) in [7, 11) is 0. The molecule has 0 aliphatic rings. The quantitative estimate of drug-likeness (QED) is 0.497. The third kappa shape index (κ3) is 6.85. The molecule has 0 aliphatic carbocycles. The molecule has 0 rings (SSSR count). The molecule has 0 aliphatic heterocycles. The lowest BCUT2D eigenvalue weighted by Crippen LogP contribution is -2.22. The number of hydrogen-bond donors (Lipinski definition) is 2. The summed E-state index contributed by atoms with van der Waals surface area (Å²) >= 11 is 4.40. The van der Waals surface area contributed by atoms with Crippen LogP contribution in [0.3, 0.4) is 0 Å². The van der Waals surface area contributed by atoms with E-state index in [-0.39, 0.29) is 18.0 Å². The largest absolute Gasteiger partial charge is 0.494 e. The van der Waals surface area contributed by atoms with Crippen LogP contribution in [-0.2, 0) is 4.74 Å². The van der Waals surface area contributed by atoms with Gasteiger partial charge < -0.3 is 9.84 Å². The molecule has 15 heavy (non-hydrogen) atoms.